The van der Waals surface area contributed by atoms with Gasteiger partial charge in [-0.05, 0) is 12.5 Å². The van der Waals surface area contributed by atoms with Crippen LogP contribution in [0.4, 0.5) is 0 Å². The highest BCUT2D eigenvalue weighted by Gasteiger charge is 2.33. The van der Waals surface area contributed by atoms with E-state index >= 15 is 0 Å². The minimum atomic E-state index is -0.308. The lowest BCUT2D eigenvalue weighted by atomic mass is 10.2. The summed E-state index contributed by atoms with van der Waals surface area (Å²) in [6, 6.07) is -0.308. The van der Waals surface area contributed by atoms with Gasteiger partial charge in [0, 0.05) is 18.7 Å². The third kappa shape index (κ3) is 3.89. The third-order valence-corrected chi connectivity index (χ3v) is 3.85. The zero-order valence-electron chi connectivity index (χ0n) is 10.4. The number of hydrogen-bond acceptors (Lipinski definition) is 4. The molecule has 1 fully saturated rings. The molecule has 0 aromatic heterocycles. The number of rotatable bonds is 5. The Bertz CT molecular complexity index is 286. The average molecular weight is 259 g/mol. The van der Waals surface area contributed by atoms with Gasteiger partial charge in [-0.15, -0.1) is 11.8 Å². The molecule has 0 aliphatic carbocycles. The topological polar surface area (TPSA) is 75.4 Å². The van der Waals surface area contributed by atoms with Crippen molar-refractivity contribution >= 4 is 23.6 Å². The molecule has 2 amide bonds. The molecule has 2 atom stereocenters. The van der Waals surface area contributed by atoms with Gasteiger partial charge < -0.3 is 16.0 Å². The molecule has 6 heteroatoms. The predicted molar refractivity (Wildman–Crippen MR) is 69.5 cm³/mol. The summed E-state index contributed by atoms with van der Waals surface area (Å²) >= 11 is 1.62. The van der Waals surface area contributed by atoms with Crippen LogP contribution < -0.4 is 11.1 Å². The van der Waals surface area contributed by atoms with Crippen molar-refractivity contribution in [1.29, 1.82) is 0 Å². The molecule has 1 aliphatic heterocycles. The van der Waals surface area contributed by atoms with E-state index in [1.807, 2.05) is 13.8 Å². The van der Waals surface area contributed by atoms with Gasteiger partial charge in [-0.2, -0.15) is 0 Å². The van der Waals surface area contributed by atoms with Crippen molar-refractivity contribution in [3.63, 3.8) is 0 Å². The van der Waals surface area contributed by atoms with Gasteiger partial charge in [0.25, 0.3) is 0 Å². The smallest absolute Gasteiger partial charge is 0.243 e. The molecule has 1 rings (SSSR count). The highest BCUT2D eigenvalue weighted by Crippen LogP contribution is 2.21. The van der Waals surface area contributed by atoms with Crippen molar-refractivity contribution in [2.75, 3.05) is 24.7 Å². The lowest BCUT2D eigenvalue weighted by Gasteiger charge is -2.23. The fourth-order valence-corrected chi connectivity index (χ4v) is 2.77. The summed E-state index contributed by atoms with van der Waals surface area (Å²) in [5, 5.41) is 2.86. The van der Waals surface area contributed by atoms with E-state index in [1.165, 1.54) is 0 Å². The number of nitrogens with two attached hydrogens (primary N) is 1. The van der Waals surface area contributed by atoms with Crippen LogP contribution in [0.1, 0.15) is 20.3 Å². The Labute approximate surface area is 106 Å². The molecular formula is C11H21N3O2S. The molecule has 1 heterocycles. The average Bonchev–Trinajstić information content (AvgIpc) is 2.83. The second kappa shape index (κ2) is 6.86. The number of hydrogen-bond donors (Lipinski definition) is 2. The van der Waals surface area contributed by atoms with Gasteiger partial charge in [0.15, 0.2) is 0 Å². The second-order valence-corrected chi connectivity index (χ2v) is 5.32. The van der Waals surface area contributed by atoms with Gasteiger partial charge >= 0.3 is 0 Å². The van der Waals surface area contributed by atoms with E-state index in [0.29, 0.717) is 31.1 Å². The molecule has 0 bridgehead atoms. The van der Waals surface area contributed by atoms with Crippen LogP contribution >= 0.6 is 11.8 Å². The SMILES string of the molecule is CCC(=O)N1CSCC1C(=O)NCC(C)CN. The molecule has 17 heavy (non-hydrogen) atoms. The van der Waals surface area contributed by atoms with Gasteiger partial charge in [-0.25, -0.2) is 0 Å². The first kappa shape index (κ1) is 14.3. The lowest BCUT2D eigenvalue weighted by molar-refractivity contribution is -0.137. The number of thioether (sulfide) groups is 1. The summed E-state index contributed by atoms with van der Waals surface area (Å²) < 4.78 is 0. The molecule has 0 saturated carbocycles. The van der Waals surface area contributed by atoms with Crippen LogP contribution in [0, 0.1) is 5.92 Å². The Kier molecular flexibility index (Phi) is 5.77. The summed E-state index contributed by atoms with van der Waals surface area (Å²) in [6.07, 6.45) is 0.448. The van der Waals surface area contributed by atoms with Crippen LogP contribution in [0.5, 0.6) is 0 Å². The van der Waals surface area contributed by atoms with E-state index < -0.39 is 0 Å². The molecule has 0 spiro atoms. The normalized spacial score (nSPS) is 21.4. The predicted octanol–water partition coefficient (Wildman–Crippen LogP) is 0.00890. The standard InChI is InChI=1S/C11H21N3O2S/c1-3-10(15)14-7-17-6-9(14)11(16)13-5-8(2)4-12/h8-9H,3-7,12H2,1-2H3,(H,13,16). The maximum atomic E-state index is 11.9. The summed E-state index contributed by atoms with van der Waals surface area (Å²) in [7, 11) is 0. The van der Waals surface area contributed by atoms with Crippen LogP contribution in [0.2, 0.25) is 0 Å². The Morgan fingerprint density at radius 1 is 1.59 bits per heavy atom. The molecule has 0 aromatic carbocycles. The maximum absolute atomic E-state index is 11.9. The van der Waals surface area contributed by atoms with Crippen LogP contribution in [-0.4, -0.2) is 47.5 Å². The second-order valence-electron chi connectivity index (χ2n) is 4.32. The van der Waals surface area contributed by atoms with E-state index in [-0.39, 0.29) is 23.8 Å². The Morgan fingerprint density at radius 3 is 2.88 bits per heavy atom. The van der Waals surface area contributed by atoms with Crippen LogP contribution in [0.15, 0.2) is 0 Å². The largest absolute Gasteiger partial charge is 0.354 e. The number of nitrogens with zero attached hydrogens (tertiary/aromatic N) is 1. The Morgan fingerprint density at radius 2 is 2.29 bits per heavy atom. The van der Waals surface area contributed by atoms with Crippen molar-refractivity contribution in [1.82, 2.24) is 10.2 Å². The van der Waals surface area contributed by atoms with Crippen LogP contribution in [-0.2, 0) is 9.59 Å². The van der Waals surface area contributed by atoms with Crippen LogP contribution in [0.3, 0.4) is 0 Å². The fourth-order valence-electron chi connectivity index (χ4n) is 1.58. The monoisotopic (exact) mass is 259 g/mol. The third-order valence-electron chi connectivity index (χ3n) is 2.83. The minimum Gasteiger partial charge on any atom is -0.354 e. The highest BCUT2D eigenvalue weighted by molar-refractivity contribution is 7.99. The van der Waals surface area contributed by atoms with E-state index in [1.54, 1.807) is 16.7 Å². The zero-order chi connectivity index (χ0) is 12.8. The lowest BCUT2D eigenvalue weighted by Crippen LogP contribution is -2.48. The Hall–Kier alpha value is -0.750. The first-order chi connectivity index (χ1) is 8.10. The molecule has 1 aliphatic rings. The number of amides is 2. The first-order valence-electron chi connectivity index (χ1n) is 5.95. The quantitative estimate of drug-likeness (QED) is 0.729. The molecule has 0 aromatic rings. The summed E-state index contributed by atoms with van der Waals surface area (Å²) in [5.41, 5.74) is 5.49. The maximum Gasteiger partial charge on any atom is 0.243 e. The molecule has 2 unspecified atom stereocenters. The van der Waals surface area contributed by atoms with Crippen LogP contribution in [0.25, 0.3) is 0 Å². The highest BCUT2D eigenvalue weighted by atomic mass is 32.2. The fraction of sp³-hybridized carbons (Fsp3) is 0.818. The van der Waals surface area contributed by atoms with Gasteiger partial charge in [0.05, 0.1) is 5.88 Å². The number of carbonyl (C=O) groups excluding carboxylic acids is 2. The summed E-state index contributed by atoms with van der Waals surface area (Å²) in [5.74, 6) is 1.56. The summed E-state index contributed by atoms with van der Waals surface area (Å²) in [4.78, 5) is 25.2. The van der Waals surface area contributed by atoms with E-state index in [9.17, 15) is 9.59 Å². The van der Waals surface area contributed by atoms with Crippen molar-refractivity contribution in [3.05, 3.63) is 0 Å². The molecule has 3 N–H and O–H groups in total. The number of nitrogens with one attached hydrogen (secondary N) is 1. The van der Waals surface area contributed by atoms with Crippen molar-refractivity contribution in [2.24, 2.45) is 11.7 Å². The molecule has 5 nitrogen and oxygen atoms in total. The first-order valence-corrected chi connectivity index (χ1v) is 7.10. The summed E-state index contributed by atoms with van der Waals surface area (Å²) in [6.45, 7) is 4.93. The molecule has 1 saturated heterocycles. The molecule has 0 radical (unpaired) electrons. The van der Waals surface area contributed by atoms with E-state index in [2.05, 4.69) is 5.32 Å². The van der Waals surface area contributed by atoms with Crippen molar-refractivity contribution in [2.45, 2.75) is 26.3 Å². The number of carbonyl (C=O) groups is 2. The Balaban J connectivity index is 2.47. The van der Waals surface area contributed by atoms with E-state index in [4.69, 9.17) is 5.73 Å². The van der Waals surface area contributed by atoms with Gasteiger partial charge in [-0.1, -0.05) is 13.8 Å². The van der Waals surface area contributed by atoms with Crippen molar-refractivity contribution in [3.8, 4) is 0 Å². The van der Waals surface area contributed by atoms with E-state index in [0.717, 1.165) is 0 Å². The molecular weight excluding hydrogens is 238 g/mol. The zero-order valence-corrected chi connectivity index (χ0v) is 11.3. The van der Waals surface area contributed by atoms with Gasteiger partial charge in [0.1, 0.15) is 6.04 Å². The van der Waals surface area contributed by atoms with Crippen molar-refractivity contribution < 1.29 is 9.59 Å². The minimum absolute atomic E-state index is 0.0435. The van der Waals surface area contributed by atoms with Gasteiger partial charge in [-0.3, -0.25) is 9.59 Å². The van der Waals surface area contributed by atoms with Gasteiger partial charge in [0.2, 0.25) is 11.8 Å². The molecule has 98 valence electrons.